The van der Waals surface area contributed by atoms with Crippen molar-refractivity contribution in [2.24, 2.45) is 0 Å². The molecule has 1 unspecified atom stereocenters. The molecule has 0 spiro atoms. The third-order valence-corrected chi connectivity index (χ3v) is 3.63. The maximum atomic E-state index is 3.88. The minimum Gasteiger partial charge on any atom is -0.0648 e. The van der Waals surface area contributed by atoms with Crippen molar-refractivity contribution in [3.63, 3.8) is 0 Å². The molecule has 0 heterocycles. The zero-order valence-corrected chi connectivity index (χ0v) is 11.5. The van der Waals surface area contributed by atoms with E-state index in [-0.39, 0.29) is 0 Å². The van der Waals surface area contributed by atoms with Crippen molar-refractivity contribution in [1.82, 2.24) is 0 Å². The number of rotatable bonds is 8. The van der Waals surface area contributed by atoms with Gasteiger partial charge in [-0.25, -0.2) is 0 Å². The minimum absolute atomic E-state index is 0.695. The van der Waals surface area contributed by atoms with E-state index in [1.165, 1.54) is 49.7 Å². The Morgan fingerprint density at radius 2 is 1.65 bits per heavy atom. The highest BCUT2D eigenvalue weighted by Crippen LogP contribution is 2.19. The van der Waals surface area contributed by atoms with E-state index in [1.54, 1.807) is 0 Å². The lowest BCUT2D eigenvalue weighted by molar-refractivity contribution is 0.645. The molecular formula is C17H27. The molecule has 1 atom stereocenters. The third-order valence-electron chi connectivity index (χ3n) is 3.63. The van der Waals surface area contributed by atoms with Crippen molar-refractivity contribution in [1.29, 1.82) is 0 Å². The van der Waals surface area contributed by atoms with Gasteiger partial charge in [0, 0.05) is 0 Å². The molecule has 0 N–H and O–H groups in total. The second kappa shape index (κ2) is 8.33. The summed E-state index contributed by atoms with van der Waals surface area (Å²) < 4.78 is 0. The van der Waals surface area contributed by atoms with Gasteiger partial charge in [0.15, 0.2) is 0 Å². The summed E-state index contributed by atoms with van der Waals surface area (Å²) in [5.74, 6) is 0.695. The van der Waals surface area contributed by atoms with Gasteiger partial charge in [-0.15, -0.1) is 0 Å². The molecule has 0 fully saturated rings. The summed E-state index contributed by atoms with van der Waals surface area (Å²) in [6.07, 6.45) is 8.85. The van der Waals surface area contributed by atoms with Crippen LogP contribution < -0.4 is 0 Å². The first-order valence-corrected chi connectivity index (χ1v) is 7.16. The average molecular weight is 231 g/mol. The van der Waals surface area contributed by atoms with E-state index in [1.807, 2.05) is 0 Å². The second-order valence-electron chi connectivity index (χ2n) is 5.07. The molecule has 0 saturated carbocycles. The van der Waals surface area contributed by atoms with Gasteiger partial charge in [0.05, 0.1) is 0 Å². The predicted octanol–water partition coefficient (Wildman–Crippen LogP) is 5.53. The molecule has 1 radical (unpaired) electrons. The summed E-state index contributed by atoms with van der Waals surface area (Å²) in [6, 6.07) is 9.23. The lowest BCUT2D eigenvalue weighted by Crippen LogP contribution is -1.92. The number of benzene rings is 1. The lowest BCUT2D eigenvalue weighted by atomic mass is 9.96. The Morgan fingerprint density at radius 3 is 2.24 bits per heavy atom. The molecule has 0 aliphatic rings. The zero-order chi connectivity index (χ0) is 12.5. The SMILES string of the molecule is [CH2]CCCCCCc1ccc(C(C)CC)cc1. The average Bonchev–Trinajstić information content (AvgIpc) is 2.38. The predicted molar refractivity (Wildman–Crippen MR) is 77.3 cm³/mol. The van der Waals surface area contributed by atoms with Crippen LogP contribution in [0.25, 0.3) is 0 Å². The molecule has 0 nitrogen and oxygen atoms in total. The zero-order valence-electron chi connectivity index (χ0n) is 11.5. The molecule has 0 aliphatic carbocycles. The maximum Gasteiger partial charge on any atom is -0.0193 e. The van der Waals surface area contributed by atoms with Crippen LogP contribution in [0.15, 0.2) is 24.3 Å². The van der Waals surface area contributed by atoms with E-state index >= 15 is 0 Å². The molecule has 0 aromatic heterocycles. The summed E-state index contributed by atoms with van der Waals surface area (Å²) in [6.45, 7) is 8.43. The van der Waals surface area contributed by atoms with Gasteiger partial charge in [0.2, 0.25) is 0 Å². The molecular weight excluding hydrogens is 204 g/mol. The van der Waals surface area contributed by atoms with Crippen molar-refractivity contribution < 1.29 is 0 Å². The molecule has 0 aliphatic heterocycles. The number of hydrogen-bond donors (Lipinski definition) is 0. The van der Waals surface area contributed by atoms with E-state index in [2.05, 4.69) is 45.0 Å². The second-order valence-corrected chi connectivity index (χ2v) is 5.07. The van der Waals surface area contributed by atoms with E-state index in [0.717, 1.165) is 6.42 Å². The highest BCUT2D eigenvalue weighted by Gasteiger charge is 2.02. The van der Waals surface area contributed by atoms with Crippen molar-refractivity contribution >= 4 is 0 Å². The van der Waals surface area contributed by atoms with Gasteiger partial charge >= 0.3 is 0 Å². The van der Waals surface area contributed by atoms with Crippen molar-refractivity contribution in [2.45, 2.75) is 64.7 Å². The van der Waals surface area contributed by atoms with Crippen LogP contribution in [0.4, 0.5) is 0 Å². The molecule has 95 valence electrons. The number of hydrogen-bond acceptors (Lipinski definition) is 0. The summed E-state index contributed by atoms with van der Waals surface area (Å²) in [5.41, 5.74) is 2.97. The maximum absolute atomic E-state index is 3.88. The molecule has 1 aromatic rings. The highest BCUT2D eigenvalue weighted by atomic mass is 14.1. The van der Waals surface area contributed by atoms with Crippen molar-refractivity contribution in [3.8, 4) is 0 Å². The normalized spacial score (nSPS) is 12.6. The van der Waals surface area contributed by atoms with Gasteiger partial charge in [-0.05, 0) is 36.3 Å². The van der Waals surface area contributed by atoms with Crippen molar-refractivity contribution in [3.05, 3.63) is 42.3 Å². The third kappa shape index (κ3) is 5.39. The molecule has 0 bridgehead atoms. The molecule has 1 aromatic carbocycles. The first kappa shape index (κ1) is 14.3. The van der Waals surface area contributed by atoms with Crippen LogP contribution in [0, 0.1) is 6.92 Å². The van der Waals surface area contributed by atoms with Crippen molar-refractivity contribution in [2.75, 3.05) is 0 Å². The first-order valence-electron chi connectivity index (χ1n) is 7.16. The topological polar surface area (TPSA) is 0 Å². The fourth-order valence-electron chi connectivity index (χ4n) is 2.11. The van der Waals surface area contributed by atoms with Crippen LogP contribution >= 0.6 is 0 Å². The van der Waals surface area contributed by atoms with Crippen LogP contribution in [0.5, 0.6) is 0 Å². The minimum atomic E-state index is 0.695. The monoisotopic (exact) mass is 231 g/mol. The van der Waals surface area contributed by atoms with E-state index in [0.29, 0.717) is 5.92 Å². The fourth-order valence-corrected chi connectivity index (χ4v) is 2.11. The summed E-state index contributed by atoms with van der Waals surface area (Å²) in [4.78, 5) is 0. The standard InChI is InChI=1S/C17H27/c1-4-6-7-8-9-10-16-11-13-17(14-12-16)15(3)5-2/h11-15H,1,4-10H2,2-3H3. The molecule has 17 heavy (non-hydrogen) atoms. The largest absolute Gasteiger partial charge is 0.0648 e. The van der Waals surface area contributed by atoms with E-state index in [9.17, 15) is 0 Å². The summed E-state index contributed by atoms with van der Waals surface area (Å²) in [7, 11) is 0. The van der Waals surface area contributed by atoms with E-state index < -0.39 is 0 Å². The number of unbranched alkanes of at least 4 members (excludes halogenated alkanes) is 4. The van der Waals surface area contributed by atoms with E-state index in [4.69, 9.17) is 0 Å². The van der Waals surface area contributed by atoms with Crippen LogP contribution in [0.2, 0.25) is 0 Å². The Labute approximate surface area is 107 Å². The van der Waals surface area contributed by atoms with Gasteiger partial charge in [0.1, 0.15) is 0 Å². The Kier molecular flexibility index (Phi) is 7.00. The highest BCUT2D eigenvalue weighted by molar-refractivity contribution is 5.25. The van der Waals surface area contributed by atoms with Gasteiger partial charge in [-0.3, -0.25) is 0 Å². The van der Waals surface area contributed by atoms with Gasteiger partial charge in [0.25, 0.3) is 0 Å². The Morgan fingerprint density at radius 1 is 1.00 bits per heavy atom. The quantitative estimate of drug-likeness (QED) is 0.516. The number of aryl methyl sites for hydroxylation is 1. The fraction of sp³-hybridized carbons (Fsp3) is 0.588. The van der Waals surface area contributed by atoms with Crippen LogP contribution in [-0.2, 0) is 6.42 Å². The Bertz CT molecular complexity index is 283. The van der Waals surface area contributed by atoms with Crippen LogP contribution in [0.3, 0.4) is 0 Å². The summed E-state index contributed by atoms with van der Waals surface area (Å²) in [5, 5.41) is 0. The molecule has 0 saturated heterocycles. The van der Waals surface area contributed by atoms with Crippen LogP contribution in [0.1, 0.15) is 69.4 Å². The first-order chi connectivity index (χ1) is 8.27. The summed E-state index contributed by atoms with van der Waals surface area (Å²) >= 11 is 0. The lowest BCUT2D eigenvalue weighted by Gasteiger charge is -2.09. The van der Waals surface area contributed by atoms with Crippen LogP contribution in [-0.4, -0.2) is 0 Å². The van der Waals surface area contributed by atoms with Gasteiger partial charge in [-0.1, -0.05) is 70.7 Å². The molecule has 0 amide bonds. The van der Waals surface area contributed by atoms with Gasteiger partial charge in [-0.2, -0.15) is 0 Å². The Balaban J connectivity index is 2.30. The molecule has 1 rings (SSSR count). The molecule has 0 heteroatoms. The smallest absolute Gasteiger partial charge is 0.0193 e. The Hall–Kier alpha value is -0.780. The van der Waals surface area contributed by atoms with Gasteiger partial charge < -0.3 is 0 Å².